The van der Waals surface area contributed by atoms with Crippen molar-refractivity contribution in [3.63, 3.8) is 0 Å². The van der Waals surface area contributed by atoms with Gasteiger partial charge in [-0.1, -0.05) is 36.4 Å². The van der Waals surface area contributed by atoms with Crippen molar-refractivity contribution in [3.8, 4) is 5.75 Å². The summed E-state index contributed by atoms with van der Waals surface area (Å²) in [4.78, 5) is 0. The Bertz CT molecular complexity index is 597. The first kappa shape index (κ1) is 14.1. The van der Waals surface area contributed by atoms with E-state index in [1.54, 1.807) is 6.07 Å². The van der Waals surface area contributed by atoms with Crippen LogP contribution < -0.4 is 5.32 Å². The van der Waals surface area contributed by atoms with Crippen LogP contribution >= 0.6 is 0 Å². The zero-order valence-corrected chi connectivity index (χ0v) is 12.0. The zero-order chi connectivity index (χ0) is 14.7. The van der Waals surface area contributed by atoms with Crippen molar-refractivity contribution in [2.45, 2.75) is 31.3 Å². The lowest BCUT2D eigenvalue weighted by Gasteiger charge is -2.30. The van der Waals surface area contributed by atoms with Gasteiger partial charge in [0.25, 0.3) is 0 Å². The fourth-order valence-electron chi connectivity index (χ4n) is 3.14. The summed E-state index contributed by atoms with van der Waals surface area (Å²) in [5.74, 6) is 0.308. The molecule has 0 aromatic heterocycles. The number of phenols is 1. The van der Waals surface area contributed by atoms with Crippen LogP contribution in [0, 0.1) is 0 Å². The van der Waals surface area contributed by atoms with Crippen LogP contribution in [0.5, 0.6) is 5.75 Å². The van der Waals surface area contributed by atoms with E-state index in [-0.39, 0.29) is 18.7 Å². The number of nitrogens with one attached hydrogen (secondary N) is 1. The number of hydrogen-bond donors (Lipinski definition) is 3. The molecule has 3 rings (SSSR count). The number of aromatic hydroxyl groups is 1. The number of rotatable bonds is 4. The van der Waals surface area contributed by atoms with E-state index in [1.807, 2.05) is 42.5 Å². The van der Waals surface area contributed by atoms with Crippen LogP contribution in [0.15, 0.2) is 48.5 Å². The normalized spacial score (nSPS) is 19.0. The van der Waals surface area contributed by atoms with Gasteiger partial charge in [-0.05, 0) is 48.1 Å². The summed E-state index contributed by atoms with van der Waals surface area (Å²) in [6.07, 6.45) is 3.21. The summed E-state index contributed by atoms with van der Waals surface area (Å²) < 4.78 is 0. The van der Waals surface area contributed by atoms with E-state index < -0.39 is 0 Å². The third kappa shape index (κ3) is 3.09. The molecule has 110 valence electrons. The molecule has 0 saturated carbocycles. The van der Waals surface area contributed by atoms with E-state index in [2.05, 4.69) is 5.32 Å². The number of aliphatic hydroxyl groups excluding tert-OH is 1. The maximum absolute atomic E-state index is 9.74. The van der Waals surface area contributed by atoms with E-state index in [4.69, 9.17) is 0 Å². The molecule has 3 nitrogen and oxygen atoms in total. The van der Waals surface area contributed by atoms with Crippen LogP contribution in [0.4, 0.5) is 0 Å². The van der Waals surface area contributed by atoms with Crippen LogP contribution in [0.25, 0.3) is 0 Å². The van der Waals surface area contributed by atoms with Crippen LogP contribution in [0.2, 0.25) is 0 Å². The third-order valence-electron chi connectivity index (χ3n) is 4.23. The maximum Gasteiger partial charge on any atom is 0.115 e. The second-order valence-corrected chi connectivity index (χ2v) is 5.64. The summed E-state index contributed by atoms with van der Waals surface area (Å²) in [6, 6.07) is 15.7. The van der Waals surface area contributed by atoms with Crippen molar-refractivity contribution in [1.29, 1.82) is 0 Å². The first-order valence-corrected chi connectivity index (χ1v) is 7.51. The SMILES string of the molecule is OC[C@H](NC1CCCc2ccc(O)cc21)c1ccccc1. The molecule has 0 aliphatic heterocycles. The van der Waals surface area contributed by atoms with Gasteiger partial charge in [0.2, 0.25) is 0 Å². The Labute approximate surface area is 125 Å². The van der Waals surface area contributed by atoms with E-state index in [1.165, 1.54) is 5.56 Å². The largest absolute Gasteiger partial charge is 0.508 e. The van der Waals surface area contributed by atoms with Crippen molar-refractivity contribution in [2.75, 3.05) is 6.61 Å². The Balaban J connectivity index is 1.84. The first-order valence-electron chi connectivity index (χ1n) is 7.51. The molecule has 3 heteroatoms. The number of hydrogen-bond acceptors (Lipinski definition) is 3. The van der Waals surface area contributed by atoms with E-state index in [9.17, 15) is 10.2 Å². The van der Waals surface area contributed by atoms with Crippen molar-refractivity contribution in [2.24, 2.45) is 0 Å². The Morgan fingerprint density at radius 2 is 1.95 bits per heavy atom. The van der Waals surface area contributed by atoms with Gasteiger partial charge >= 0.3 is 0 Å². The molecule has 0 fully saturated rings. The smallest absolute Gasteiger partial charge is 0.115 e. The number of phenolic OH excluding ortho intramolecular Hbond substituents is 1. The van der Waals surface area contributed by atoms with Crippen LogP contribution in [-0.2, 0) is 6.42 Å². The highest BCUT2D eigenvalue weighted by Gasteiger charge is 2.23. The molecule has 0 radical (unpaired) electrons. The van der Waals surface area contributed by atoms with Crippen molar-refractivity contribution < 1.29 is 10.2 Å². The Hall–Kier alpha value is -1.84. The van der Waals surface area contributed by atoms with Crippen LogP contribution in [0.3, 0.4) is 0 Å². The molecular weight excluding hydrogens is 262 g/mol. The molecule has 1 aliphatic rings. The average Bonchev–Trinajstić information content (AvgIpc) is 2.53. The van der Waals surface area contributed by atoms with E-state index in [0.29, 0.717) is 5.75 Å². The van der Waals surface area contributed by atoms with Crippen LogP contribution in [0.1, 0.15) is 41.6 Å². The lowest BCUT2D eigenvalue weighted by atomic mass is 9.87. The molecule has 3 N–H and O–H groups in total. The predicted octanol–water partition coefficient (Wildman–Crippen LogP) is 3.09. The molecule has 0 amide bonds. The summed E-state index contributed by atoms with van der Waals surface area (Å²) in [7, 11) is 0. The molecule has 2 aromatic carbocycles. The number of benzene rings is 2. The molecule has 1 unspecified atom stereocenters. The second kappa shape index (κ2) is 6.29. The fraction of sp³-hybridized carbons (Fsp3) is 0.333. The highest BCUT2D eigenvalue weighted by atomic mass is 16.3. The Morgan fingerprint density at radius 1 is 1.14 bits per heavy atom. The minimum atomic E-state index is -0.0792. The lowest BCUT2D eigenvalue weighted by Crippen LogP contribution is -2.31. The average molecular weight is 283 g/mol. The highest BCUT2D eigenvalue weighted by Crippen LogP contribution is 2.33. The molecule has 0 heterocycles. The summed E-state index contributed by atoms with van der Waals surface area (Å²) in [5.41, 5.74) is 3.55. The van der Waals surface area contributed by atoms with Gasteiger partial charge in [-0.15, -0.1) is 0 Å². The van der Waals surface area contributed by atoms with Gasteiger partial charge in [0.05, 0.1) is 12.6 Å². The van der Waals surface area contributed by atoms with Gasteiger partial charge in [0, 0.05) is 6.04 Å². The van der Waals surface area contributed by atoms with Gasteiger partial charge in [0.15, 0.2) is 0 Å². The number of aryl methyl sites for hydroxylation is 1. The molecule has 0 bridgehead atoms. The molecule has 21 heavy (non-hydrogen) atoms. The molecular formula is C18H21NO2. The number of aliphatic hydroxyl groups is 1. The van der Waals surface area contributed by atoms with Gasteiger partial charge in [-0.2, -0.15) is 0 Å². The van der Waals surface area contributed by atoms with Crippen molar-refractivity contribution in [3.05, 3.63) is 65.2 Å². The zero-order valence-electron chi connectivity index (χ0n) is 12.0. The summed E-state index contributed by atoms with van der Waals surface area (Å²) in [6.45, 7) is 0.0641. The summed E-state index contributed by atoms with van der Waals surface area (Å²) >= 11 is 0. The monoisotopic (exact) mass is 283 g/mol. The van der Waals surface area contributed by atoms with Crippen molar-refractivity contribution in [1.82, 2.24) is 5.32 Å². The minimum absolute atomic E-state index is 0.0641. The summed E-state index contributed by atoms with van der Waals surface area (Å²) in [5, 5.41) is 23.0. The standard InChI is InChI=1S/C18H21NO2/c20-12-18(14-5-2-1-3-6-14)19-17-8-4-7-13-9-10-15(21)11-16(13)17/h1-3,5-6,9-11,17-21H,4,7-8,12H2/t17?,18-/m0/s1. The molecule has 2 aromatic rings. The predicted molar refractivity (Wildman–Crippen MR) is 83.2 cm³/mol. The Kier molecular flexibility index (Phi) is 4.23. The fourth-order valence-corrected chi connectivity index (χ4v) is 3.14. The second-order valence-electron chi connectivity index (χ2n) is 5.64. The molecule has 1 aliphatic carbocycles. The van der Waals surface area contributed by atoms with Gasteiger partial charge in [-0.3, -0.25) is 0 Å². The van der Waals surface area contributed by atoms with Gasteiger partial charge < -0.3 is 15.5 Å². The Morgan fingerprint density at radius 3 is 2.71 bits per heavy atom. The minimum Gasteiger partial charge on any atom is -0.508 e. The lowest BCUT2D eigenvalue weighted by molar-refractivity contribution is 0.228. The molecule has 0 saturated heterocycles. The van der Waals surface area contributed by atoms with Gasteiger partial charge in [-0.25, -0.2) is 0 Å². The van der Waals surface area contributed by atoms with Gasteiger partial charge in [0.1, 0.15) is 5.75 Å². The van der Waals surface area contributed by atoms with E-state index in [0.717, 1.165) is 30.4 Å². The first-order chi connectivity index (χ1) is 10.3. The van der Waals surface area contributed by atoms with E-state index >= 15 is 0 Å². The molecule has 2 atom stereocenters. The third-order valence-corrected chi connectivity index (χ3v) is 4.23. The van der Waals surface area contributed by atoms with Crippen LogP contribution in [-0.4, -0.2) is 16.8 Å². The highest BCUT2D eigenvalue weighted by molar-refractivity contribution is 5.38. The van der Waals surface area contributed by atoms with Crippen molar-refractivity contribution >= 4 is 0 Å². The quantitative estimate of drug-likeness (QED) is 0.808. The molecule has 0 spiro atoms. The topological polar surface area (TPSA) is 52.5 Å². The number of fused-ring (bicyclic) bond motifs is 1. The maximum atomic E-state index is 9.74.